The molecule has 0 aromatic heterocycles. The van der Waals surface area contributed by atoms with E-state index in [1.54, 1.807) is 0 Å². The van der Waals surface area contributed by atoms with Gasteiger partial charge in [0.05, 0.1) is 0 Å². The summed E-state index contributed by atoms with van der Waals surface area (Å²) in [7, 11) is 0. The summed E-state index contributed by atoms with van der Waals surface area (Å²) in [6.45, 7) is 3.53. The zero-order valence-corrected chi connectivity index (χ0v) is 7.02. The highest BCUT2D eigenvalue weighted by Crippen LogP contribution is 2.33. The highest BCUT2D eigenvalue weighted by molar-refractivity contribution is 5.76. The fourth-order valence-electron chi connectivity index (χ4n) is 0.584. The molecule has 3 N–H and O–H groups in total. The smallest absolute Gasteiger partial charge is 0.313 e. The molecule has 4 heteroatoms. The third kappa shape index (κ3) is 1.68. The van der Waals surface area contributed by atoms with Crippen LogP contribution in [-0.4, -0.2) is 23.3 Å². The summed E-state index contributed by atoms with van der Waals surface area (Å²) in [6.07, 6.45) is 0. The van der Waals surface area contributed by atoms with E-state index in [0.717, 1.165) is 0 Å². The molecule has 0 aliphatic heterocycles. The van der Waals surface area contributed by atoms with E-state index in [1.807, 2.05) is 0 Å². The first-order valence-electron chi connectivity index (χ1n) is 3.38. The number of aliphatic carboxylic acids is 1. The molecular weight excluding hydrogens is 149 g/mol. The van der Waals surface area contributed by atoms with Crippen molar-refractivity contribution in [1.82, 2.24) is 0 Å². The molecule has 0 aromatic carbocycles. The monoisotopic (exact) mass is 163 g/mol. The highest BCUT2D eigenvalue weighted by atomic mass is 19.1. The van der Waals surface area contributed by atoms with E-state index in [0.29, 0.717) is 0 Å². The van der Waals surface area contributed by atoms with Crippen LogP contribution in [-0.2, 0) is 4.79 Å². The fourth-order valence-corrected chi connectivity index (χ4v) is 0.584. The van der Waals surface area contributed by atoms with Gasteiger partial charge in [-0.2, -0.15) is 0 Å². The molecule has 1 atom stereocenters. The Morgan fingerprint density at radius 3 is 1.91 bits per heavy atom. The van der Waals surface area contributed by atoms with Gasteiger partial charge in [-0.05, 0) is 20.8 Å². The normalized spacial score (nSPS) is 17.5. The number of nitrogens with two attached hydrogens (primary N) is 1. The molecule has 0 amide bonds. The zero-order valence-electron chi connectivity index (χ0n) is 7.02. The molecule has 0 aliphatic rings. The Bertz CT molecular complexity index is 164. The van der Waals surface area contributed by atoms with Crippen LogP contribution >= 0.6 is 0 Å². The third-order valence-corrected chi connectivity index (χ3v) is 2.19. The number of hydrogen-bond donors (Lipinski definition) is 2. The van der Waals surface area contributed by atoms with Gasteiger partial charge in [0.15, 0.2) is 0 Å². The van der Waals surface area contributed by atoms with Crippen LogP contribution in [0.3, 0.4) is 0 Å². The van der Waals surface area contributed by atoms with Crippen molar-refractivity contribution in [3.8, 4) is 0 Å². The second-order valence-electron chi connectivity index (χ2n) is 3.31. The molecule has 0 fully saturated rings. The number of hydrogen-bond acceptors (Lipinski definition) is 2. The summed E-state index contributed by atoms with van der Waals surface area (Å²) < 4.78 is 13.2. The van der Waals surface area contributed by atoms with Gasteiger partial charge in [0.25, 0.3) is 0 Å². The summed E-state index contributed by atoms with van der Waals surface area (Å²) in [5.74, 6) is -1.20. The van der Waals surface area contributed by atoms with Gasteiger partial charge in [-0.3, -0.25) is 4.79 Å². The molecule has 0 heterocycles. The van der Waals surface area contributed by atoms with Crippen molar-refractivity contribution in [2.45, 2.75) is 26.4 Å². The predicted molar refractivity (Wildman–Crippen MR) is 40.0 cm³/mol. The maximum atomic E-state index is 13.2. The lowest BCUT2D eigenvalue weighted by Crippen LogP contribution is -2.49. The van der Waals surface area contributed by atoms with E-state index in [-0.39, 0.29) is 6.54 Å². The van der Waals surface area contributed by atoms with E-state index >= 15 is 0 Å². The average molecular weight is 163 g/mol. The number of alkyl halides is 1. The molecule has 0 bridgehead atoms. The highest BCUT2D eigenvalue weighted by Gasteiger charge is 2.47. The molecule has 3 nitrogen and oxygen atoms in total. The van der Waals surface area contributed by atoms with Gasteiger partial charge in [0.2, 0.25) is 0 Å². The molecule has 11 heavy (non-hydrogen) atoms. The molecule has 0 rings (SSSR count). The minimum atomic E-state index is -1.80. The number of carboxylic acid groups (broad SMARTS) is 1. The molecular formula is C7H14FNO2. The van der Waals surface area contributed by atoms with E-state index in [9.17, 15) is 9.18 Å². The Morgan fingerprint density at radius 1 is 1.55 bits per heavy atom. The van der Waals surface area contributed by atoms with Gasteiger partial charge in [0, 0.05) is 6.54 Å². The van der Waals surface area contributed by atoms with E-state index in [1.165, 1.54) is 20.8 Å². The second-order valence-corrected chi connectivity index (χ2v) is 3.31. The van der Waals surface area contributed by atoms with Gasteiger partial charge in [-0.15, -0.1) is 0 Å². The lowest BCUT2D eigenvalue weighted by atomic mass is 9.77. The first-order valence-corrected chi connectivity index (χ1v) is 3.38. The SMILES string of the molecule is CC(C)(F)C(C)(CN)C(=O)O. The van der Waals surface area contributed by atoms with Gasteiger partial charge in [-0.1, -0.05) is 0 Å². The Kier molecular flexibility index (Phi) is 2.61. The Balaban J connectivity index is 4.75. The summed E-state index contributed by atoms with van der Waals surface area (Å²) in [5.41, 5.74) is 1.88. The van der Waals surface area contributed by atoms with Crippen molar-refractivity contribution in [3.05, 3.63) is 0 Å². The van der Waals surface area contributed by atoms with E-state index < -0.39 is 17.1 Å². The Labute approximate surface area is 65.4 Å². The third-order valence-electron chi connectivity index (χ3n) is 2.19. The van der Waals surface area contributed by atoms with Crippen LogP contribution in [0, 0.1) is 5.41 Å². The minimum Gasteiger partial charge on any atom is -0.481 e. The molecule has 0 aliphatic carbocycles. The van der Waals surface area contributed by atoms with Gasteiger partial charge in [0.1, 0.15) is 11.1 Å². The van der Waals surface area contributed by atoms with Crippen LogP contribution in [0.5, 0.6) is 0 Å². The molecule has 0 saturated heterocycles. The van der Waals surface area contributed by atoms with Crippen LogP contribution in [0.15, 0.2) is 0 Å². The van der Waals surface area contributed by atoms with E-state index in [2.05, 4.69) is 0 Å². The lowest BCUT2D eigenvalue weighted by molar-refractivity contribution is -0.155. The zero-order chi connectivity index (χ0) is 9.28. The number of carboxylic acids is 1. The molecule has 0 radical (unpaired) electrons. The van der Waals surface area contributed by atoms with Crippen LogP contribution in [0.4, 0.5) is 4.39 Å². The summed E-state index contributed by atoms with van der Waals surface area (Å²) in [4.78, 5) is 10.6. The predicted octanol–water partition coefficient (Wildman–Crippen LogP) is 0.784. The lowest BCUT2D eigenvalue weighted by Gasteiger charge is -2.32. The summed E-state index contributed by atoms with van der Waals surface area (Å²) >= 11 is 0. The standard InChI is InChI=1S/C7H14FNO2/c1-6(2,8)7(3,4-9)5(10)11/h4,9H2,1-3H3,(H,10,11). The van der Waals surface area contributed by atoms with Crippen molar-refractivity contribution in [1.29, 1.82) is 0 Å². The first kappa shape index (κ1) is 10.4. The van der Waals surface area contributed by atoms with Crippen molar-refractivity contribution >= 4 is 5.97 Å². The Hall–Kier alpha value is -0.640. The van der Waals surface area contributed by atoms with Crippen LogP contribution in [0.2, 0.25) is 0 Å². The topological polar surface area (TPSA) is 63.3 Å². The quantitative estimate of drug-likeness (QED) is 0.646. The first-order chi connectivity index (χ1) is 4.75. The van der Waals surface area contributed by atoms with Crippen LogP contribution in [0.25, 0.3) is 0 Å². The van der Waals surface area contributed by atoms with Crippen molar-refractivity contribution in [2.24, 2.45) is 11.1 Å². The molecule has 66 valence electrons. The number of rotatable bonds is 3. The molecule has 0 spiro atoms. The van der Waals surface area contributed by atoms with E-state index in [4.69, 9.17) is 10.8 Å². The minimum absolute atomic E-state index is 0.203. The van der Waals surface area contributed by atoms with Gasteiger partial charge in [-0.25, -0.2) is 4.39 Å². The number of halogens is 1. The van der Waals surface area contributed by atoms with Crippen LogP contribution < -0.4 is 5.73 Å². The molecule has 0 aromatic rings. The maximum Gasteiger partial charge on any atom is 0.313 e. The Morgan fingerprint density at radius 2 is 1.91 bits per heavy atom. The largest absolute Gasteiger partial charge is 0.481 e. The van der Waals surface area contributed by atoms with Crippen molar-refractivity contribution in [2.75, 3.05) is 6.54 Å². The number of carbonyl (C=O) groups is 1. The summed E-state index contributed by atoms with van der Waals surface area (Å²) in [5, 5.41) is 8.65. The molecule has 1 unspecified atom stereocenters. The van der Waals surface area contributed by atoms with Gasteiger partial charge >= 0.3 is 5.97 Å². The van der Waals surface area contributed by atoms with Gasteiger partial charge < -0.3 is 10.8 Å². The maximum absolute atomic E-state index is 13.2. The van der Waals surface area contributed by atoms with Crippen molar-refractivity contribution in [3.63, 3.8) is 0 Å². The van der Waals surface area contributed by atoms with Crippen molar-refractivity contribution < 1.29 is 14.3 Å². The fraction of sp³-hybridized carbons (Fsp3) is 0.857. The average Bonchev–Trinajstić information content (AvgIpc) is 1.83. The van der Waals surface area contributed by atoms with Crippen LogP contribution in [0.1, 0.15) is 20.8 Å². The second kappa shape index (κ2) is 2.77. The molecule has 0 saturated carbocycles. The summed E-state index contributed by atoms with van der Waals surface area (Å²) in [6, 6.07) is 0.